The van der Waals surface area contributed by atoms with E-state index in [1.807, 2.05) is 9.80 Å². The molecule has 5 rings (SSSR count). The summed E-state index contributed by atoms with van der Waals surface area (Å²) in [5, 5.41) is 15.0. The molecule has 0 aromatic heterocycles. The summed E-state index contributed by atoms with van der Waals surface area (Å²) < 4.78 is 5.37. The highest BCUT2D eigenvalue weighted by Gasteiger charge is 2.53. The first-order valence-electron chi connectivity index (χ1n) is 11.0. The Labute approximate surface area is 172 Å². The second-order valence-corrected chi connectivity index (χ2v) is 8.79. The number of nitrogens with one attached hydrogen (secondary N) is 1. The van der Waals surface area contributed by atoms with Crippen LogP contribution in [-0.2, 0) is 10.2 Å². The highest BCUT2D eigenvalue weighted by atomic mass is 16.5. The van der Waals surface area contributed by atoms with Gasteiger partial charge in [0.2, 0.25) is 0 Å². The van der Waals surface area contributed by atoms with E-state index in [2.05, 4.69) is 34.5 Å². The Bertz CT molecular complexity index is 737. The van der Waals surface area contributed by atoms with Crippen LogP contribution < -0.4 is 5.32 Å². The zero-order valence-electron chi connectivity index (χ0n) is 17.1. The molecule has 7 nitrogen and oxygen atoms in total. The first-order chi connectivity index (χ1) is 14.2. The second-order valence-electron chi connectivity index (χ2n) is 8.79. The number of benzene rings is 1. The number of piperidine rings is 1. The van der Waals surface area contributed by atoms with Crippen molar-refractivity contribution in [1.29, 1.82) is 0 Å². The van der Waals surface area contributed by atoms with Gasteiger partial charge < -0.3 is 25.0 Å². The number of carbonyl (C=O) groups is 1. The van der Waals surface area contributed by atoms with Gasteiger partial charge in [-0.05, 0) is 37.1 Å². The SMILES string of the molecule is O=C(N1CCOCC1)N1CCN([C@@H]2c3ccccc3C3(CCNCC3)[C@H]2O)CC1. The fourth-order valence-electron chi connectivity index (χ4n) is 5.82. The molecule has 3 saturated heterocycles. The van der Waals surface area contributed by atoms with Gasteiger partial charge in [-0.15, -0.1) is 0 Å². The number of aliphatic hydroxyl groups is 1. The summed E-state index contributed by atoms with van der Waals surface area (Å²) in [6.45, 7) is 7.60. The van der Waals surface area contributed by atoms with Crippen molar-refractivity contribution >= 4 is 6.03 Å². The van der Waals surface area contributed by atoms with E-state index in [0.717, 1.165) is 52.1 Å². The third-order valence-electron chi connectivity index (χ3n) is 7.44. The Hall–Kier alpha value is -1.67. The molecule has 158 valence electrons. The van der Waals surface area contributed by atoms with Crippen LogP contribution in [0.3, 0.4) is 0 Å². The van der Waals surface area contributed by atoms with Gasteiger partial charge in [-0.1, -0.05) is 24.3 Å². The van der Waals surface area contributed by atoms with Gasteiger partial charge in [-0.25, -0.2) is 4.79 Å². The smallest absolute Gasteiger partial charge is 0.320 e. The van der Waals surface area contributed by atoms with E-state index in [4.69, 9.17) is 4.74 Å². The van der Waals surface area contributed by atoms with Crippen molar-refractivity contribution in [2.75, 3.05) is 65.6 Å². The Kier molecular flexibility index (Phi) is 5.24. The molecule has 0 bridgehead atoms. The number of fused-ring (bicyclic) bond motifs is 2. The summed E-state index contributed by atoms with van der Waals surface area (Å²) >= 11 is 0. The molecule has 2 atom stereocenters. The lowest BCUT2D eigenvalue weighted by Gasteiger charge is -2.44. The number of hydrogen-bond donors (Lipinski definition) is 2. The number of piperazine rings is 1. The van der Waals surface area contributed by atoms with Crippen LogP contribution in [0.5, 0.6) is 0 Å². The maximum Gasteiger partial charge on any atom is 0.320 e. The number of hydrogen-bond acceptors (Lipinski definition) is 5. The van der Waals surface area contributed by atoms with Gasteiger partial charge >= 0.3 is 6.03 Å². The number of carbonyl (C=O) groups excluding carboxylic acids is 1. The van der Waals surface area contributed by atoms with Gasteiger partial charge in [0, 0.05) is 44.7 Å². The monoisotopic (exact) mass is 400 g/mol. The topological polar surface area (TPSA) is 68.3 Å². The number of nitrogens with zero attached hydrogens (tertiary/aromatic N) is 3. The lowest BCUT2D eigenvalue weighted by atomic mass is 9.72. The summed E-state index contributed by atoms with van der Waals surface area (Å²) in [5.74, 6) is 0. The van der Waals surface area contributed by atoms with E-state index in [9.17, 15) is 9.90 Å². The number of urea groups is 1. The number of morpholine rings is 1. The predicted molar refractivity (Wildman–Crippen MR) is 110 cm³/mol. The molecular weight excluding hydrogens is 368 g/mol. The van der Waals surface area contributed by atoms with Gasteiger partial charge in [0.25, 0.3) is 0 Å². The number of amides is 2. The molecule has 1 aromatic rings. The Morgan fingerprint density at radius 1 is 1.00 bits per heavy atom. The van der Waals surface area contributed by atoms with Crippen molar-refractivity contribution in [3.05, 3.63) is 35.4 Å². The van der Waals surface area contributed by atoms with Gasteiger partial charge in [-0.3, -0.25) is 4.90 Å². The molecule has 0 radical (unpaired) electrons. The van der Waals surface area contributed by atoms with Crippen molar-refractivity contribution in [3.8, 4) is 0 Å². The van der Waals surface area contributed by atoms with Gasteiger partial charge in [0.15, 0.2) is 0 Å². The number of ether oxygens (including phenoxy) is 1. The van der Waals surface area contributed by atoms with Gasteiger partial charge in [0.1, 0.15) is 0 Å². The zero-order chi connectivity index (χ0) is 19.8. The van der Waals surface area contributed by atoms with E-state index in [-0.39, 0.29) is 23.6 Å². The lowest BCUT2D eigenvalue weighted by Crippen LogP contribution is -2.56. The van der Waals surface area contributed by atoms with Gasteiger partial charge in [0.05, 0.1) is 25.4 Å². The molecular formula is C22H32N4O3. The maximum absolute atomic E-state index is 12.8. The quantitative estimate of drug-likeness (QED) is 0.730. The maximum atomic E-state index is 12.8. The van der Waals surface area contributed by atoms with Crippen LogP contribution >= 0.6 is 0 Å². The molecule has 3 heterocycles. The van der Waals surface area contributed by atoms with Crippen LogP contribution in [0.1, 0.15) is 30.0 Å². The summed E-state index contributed by atoms with van der Waals surface area (Å²) in [4.78, 5) is 19.1. The molecule has 2 amide bonds. The van der Waals surface area contributed by atoms with Crippen LogP contribution in [0.4, 0.5) is 4.79 Å². The van der Waals surface area contributed by atoms with E-state index in [1.54, 1.807) is 0 Å². The number of aliphatic hydroxyl groups excluding tert-OH is 1. The van der Waals surface area contributed by atoms with Crippen molar-refractivity contribution in [1.82, 2.24) is 20.0 Å². The predicted octanol–water partition coefficient (Wildman–Crippen LogP) is 0.793. The molecule has 2 N–H and O–H groups in total. The minimum Gasteiger partial charge on any atom is -0.390 e. The first kappa shape index (κ1) is 19.3. The third kappa shape index (κ3) is 3.24. The van der Waals surface area contributed by atoms with E-state index < -0.39 is 0 Å². The Balaban J connectivity index is 1.31. The fourth-order valence-corrected chi connectivity index (χ4v) is 5.82. The minimum atomic E-state index is -0.386. The molecule has 7 heteroatoms. The highest BCUT2D eigenvalue weighted by Crippen LogP contribution is 2.52. The molecule has 0 saturated carbocycles. The molecule has 1 aliphatic carbocycles. The van der Waals surface area contributed by atoms with Crippen LogP contribution in [-0.4, -0.2) is 97.5 Å². The average molecular weight is 401 g/mol. The average Bonchev–Trinajstić information content (AvgIpc) is 3.02. The van der Waals surface area contributed by atoms with E-state index >= 15 is 0 Å². The Morgan fingerprint density at radius 3 is 2.38 bits per heavy atom. The van der Waals surface area contributed by atoms with Crippen LogP contribution in [0.2, 0.25) is 0 Å². The summed E-state index contributed by atoms with van der Waals surface area (Å²) in [6.07, 6.45) is 1.58. The molecule has 3 fully saturated rings. The van der Waals surface area contributed by atoms with Crippen molar-refractivity contribution in [2.24, 2.45) is 0 Å². The standard InChI is InChI=1S/C22H32N4O3/c27-20-19(17-3-1-2-4-18(17)22(20)5-7-23-8-6-22)24-9-11-25(12-10-24)21(28)26-13-15-29-16-14-26/h1-4,19-20,23,27H,5-16H2/t19-,20+/m1/s1. The van der Waals surface area contributed by atoms with Crippen molar-refractivity contribution in [2.45, 2.75) is 30.4 Å². The number of rotatable bonds is 1. The third-order valence-corrected chi connectivity index (χ3v) is 7.44. The van der Waals surface area contributed by atoms with Crippen molar-refractivity contribution < 1.29 is 14.6 Å². The zero-order valence-corrected chi connectivity index (χ0v) is 17.1. The highest BCUT2D eigenvalue weighted by molar-refractivity contribution is 5.74. The van der Waals surface area contributed by atoms with Crippen LogP contribution in [0, 0.1) is 0 Å². The summed E-state index contributed by atoms with van der Waals surface area (Å²) in [7, 11) is 0. The first-order valence-corrected chi connectivity index (χ1v) is 11.0. The molecule has 4 aliphatic rings. The largest absolute Gasteiger partial charge is 0.390 e. The van der Waals surface area contributed by atoms with Crippen LogP contribution in [0.25, 0.3) is 0 Å². The summed E-state index contributed by atoms with van der Waals surface area (Å²) in [5.41, 5.74) is 2.49. The molecule has 3 aliphatic heterocycles. The normalized spacial score (nSPS) is 29.8. The molecule has 1 spiro atoms. The van der Waals surface area contributed by atoms with Gasteiger partial charge in [-0.2, -0.15) is 0 Å². The molecule has 0 unspecified atom stereocenters. The lowest BCUT2D eigenvalue weighted by molar-refractivity contribution is -0.0173. The summed E-state index contributed by atoms with van der Waals surface area (Å²) in [6, 6.07) is 8.79. The van der Waals surface area contributed by atoms with Crippen LogP contribution in [0.15, 0.2) is 24.3 Å². The second kappa shape index (κ2) is 7.87. The van der Waals surface area contributed by atoms with E-state index in [1.165, 1.54) is 11.1 Å². The van der Waals surface area contributed by atoms with Crippen molar-refractivity contribution in [3.63, 3.8) is 0 Å². The minimum absolute atomic E-state index is 0.0324. The Morgan fingerprint density at radius 2 is 1.66 bits per heavy atom. The van der Waals surface area contributed by atoms with E-state index in [0.29, 0.717) is 26.3 Å². The molecule has 1 aromatic carbocycles. The fraction of sp³-hybridized carbons (Fsp3) is 0.682. The molecule has 29 heavy (non-hydrogen) atoms.